The number of nitriles is 1. The number of hydrogen-bond acceptors (Lipinski definition) is 4. The zero-order valence-electron chi connectivity index (χ0n) is 14.9. The summed E-state index contributed by atoms with van der Waals surface area (Å²) < 4.78 is 0. The maximum absolute atomic E-state index is 12.7. The molecular formula is C20H29N3O2. The summed E-state index contributed by atoms with van der Waals surface area (Å²) in [7, 11) is 0. The molecule has 5 aliphatic carbocycles. The summed E-state index contributed by atoms with van der Waals surface area (Å²) in [5, 5.41) is 24.0. The molecule has 5 unspecified atom stereocenters. The minimum absolute atomic E-state index is 0.0533. The van der Waals surface area contributed by atoms with Gasteiger partial charge in [0.25, 0.3) is 0 Å². The van der Waals surface area contributed by atoms with Gasteiger partial charge in [0.15, 0.2) is 0 Å². The SMILES string of the molecule is N#CC1C2CCC(C2)N1C(=O)CCNC12CC3CC(CC(O)(C3)C1)C2. The van der Waals surface area contributed by atoms with Crippen molar-refractivity contribution in [2.45, 2.75) is 87.4 Å². The van der Waals surface area contributed by atoms with Crippen LogP contribution >= 0.6 is 0 Å². The third kappa shape index (κ3) is 2.52. The molecule has 5 atom stereocenters. The molecule has 0 spiro atoms. The first kappa shape index (κ1) is 16.1. The lowest BCUT2D eigenvalue weighted by Gasteiger charge is -2.60. The molecule has 1 heterocycles. The van der Waals surface area contributed by atoms with Gasteiger partial charge in [-0.3, -0.25) is 4.79 Å². The van der Waals surface area contributed by atoms with E-state index in [-0.39, 0.29) is 17.5 Å². The highest BCUT2D eigenvalue weighted by Gasteiger charge is 2.57. The van der Waals surface area contributed by atoms with Crippen molar-refractivity contribution >= 4 is 5.91 Å². The minimum atomic E-state index is -0.457. The fourth-order valence-corrected chi connectivity index (χ4v) is 7.50. The smallest absolute Gasteiger partial charge is 0.225 e. The standard InChI is InChI=1S/C20H29N3O2/c21-11-17-15-1-2-16(6-15)23(17)18(24)3-4-22-19-7-13-5-14(8-19)10-20(25,9-13)12-19/h13-17,22,25H,1-10,12H2. The highest BCUT2D eigenvalue weighted by Crippen LogP contribution is 2.57. The van der Waals surface area contributed by atoms with Crippen molar-refractivity contribution in [3.8, 4) is 6.07 Å². The van der Waals surface area contributed by atoms with Crippen LogP contribution in [0.4, 0.5) is 0 Å². The van der Waals surface area contributed by atoms with Gasteiger partial charge in [0, 0.05) is 24.5 Å². The third-order valence-electron chi connectivity index (χ3n) is 7.87. The van der Waals surface area contributed by atoms with Gasteiger partial charge in [-0.1, -0.05) is 0 Å². The molecule has 6 fully saturated rings. The summed E-state index contributed by atoms with van der Waals surface area (Å²) in [4.78, 5) is 14.6. The molecule has 6 aliphatic rings. The Bertz CT molecular complexity index is 613. The summed E-state index contributed by atoms with van der Waals surface area (Å²) in [6, 6.07) is 2.49. The number of rotatable bonds is 4. The zero-order valence-corrected chi connectivity index (χ0v) is 14.9. The van der Waals surface area contributed by atoms with Crippen molar-refractivity contribution in [3.05, 3.63) is 0 Å². The molecule has 1 saturated heterocycles. The van der Waals surface area contributed by atoms with Crippen LogP contribution in [0.5, 0.6) is 0 Å². The second kappa shape index (κ2) is 5.44. The van der Waals surface area contributed by atoms with Crippen LogP contribution in [0.2, 0.25) is 0 Å². The molecule has 0 radical (unpaired) electrons. The first-order chi connectivity index (χ1) is 12.0. The van der Waals surface area contributed by atoms with Gasteiger partial charge in [0.1, 0.15) is 6.04 Å². The number of piperidine rings is 1. The molecule has 6 bridgehead atoms. The minimum Gasteiger partial charge on any atom is -0.390 e. The number of carbonyl (C=O) groups is 1. The Morgan fingerprint density at radius 1 is 1.20 bits per heavy atom. The van der Waals surface area contributed by atoms with Crippen LogP contribution in [0.1, 0.15) is 64.2 Å². The maximum Gasteiger partial charge on any atom is 0.225 e. The topological polar surface area (TPSA) is 76.4 Å². The number of hydrogen-bond donors (Lipinski definition) is 2. The van der Waals surface area contributed by atoms with Gasteiger partial charge < -0.3 is 15.3 Å². The number of amides is 1. The van der Waals surface area contributed by atoms with Crippen molar-refractivity contribution in [2.75, 3.05) is 6.54 Å². The van der Waals surface area contributed by atoms with Crippen molar-refractivity contribution in [2.24, 2.45) is 17.8 Å². The fourth-order valence-electron chi connectivity index (χ4n) is 7.50. The van der Waals surface area contributed by atoms with Crippen molar-refractivity contribution in [1.82, 2.24) is 10.2 Å². The molecule has 6 rings (SSSR count). The predicted molar refractivity (Wildman–Crippen MR) is 92.4 cm³/mol. The average molecular weight is 343 g/mol. The predicted octanol–water partition coefficient (Wildman–Crippen LogP) is 1.95. The fraction of sp³-hybridized carbons (Fsp3) is 0.900. The van der Waals surface area contributed by atoms with Gasteiger partial charge in [0.2, 0.25) is 5.91 Å². The molecule has 0 aromatic heterocycles. The van der Waals surface area contributed by atoms with E-state index in [9.17, 15) is 15.2 Å². The van der Waals surface area contributed by atoms with E-state index in [1.807, 2.05) is 4.90 Å². The molecule has 5 saturated carbocycles. The largest absolute Gasteiger partial charge is 0.390 e. The summed E-state index contributed by atoms with van der Waals surface area (Å²) in [5.41, 5.74) is -0.404. The van der Waals surface area contributed by atoms with E-state index in [4.69, 9.17) is 0 Å². The van der Waals surface area contributed by atoms with Crippen molar-refractivity contribution < 1.29 is 9.90 Å². The second-order valence-electron chi connectivity index (χ2n) is 9.74. The van der Waals surface area contributed by atoms with Gasteiger partial charge in [-0.2, -0.15) is 5.26 Å². The van der Waals surface area contributed by atoms with E-state index in [0.29, 0.717) is 36.8 Å². The monoisotopic (exact) mass is 343 g/mol. The van der Waals surface area contributed by atoms with Crippen LogP contribution < -0.4 is 5.32 Å². The lowest BCUT2D eigenvalue weighted by Crippen LogP contribution is -2.64. The Kier molecular flexibility index (Phi) is 3.50. The summed E-state index contributed by atoms with van der Waals surface area (Å²) in [5.74, 6) is 1.87. The number of aliphatic hydroxyl groups is 1. The molecule has 0 aromatic carbocycles. The molecule has 136 valence electrons. The van der Waals surface area contributed by atoms with Gasteiger partial charge in [0.05, 0.1) is 11.7 Å². The highest BCUT2D eigenvalue weighted by molar-refractivity contribution is 5.78. The van der Waals surface area contributed by atoms with E-state index in [1.54, 1.807) is 0 Å². The molecule has 5 nitrogen and oxygen atoms in total. The lowest BCUT2D eigenvalue weighted by molar-refractivity contribution is -0.143. The highest BCUT2D eigenvalue weighted by atomic mass is 16.3. The van der Waals surface area contributed by atoms with Gasteiger partial charge >= 0.3 is 0 Å². The summed E-state index contributed by atoms with van der Waals surface area (Å²) >= 11 is 0. The lowest BCUT2D eigenvalue weighted by atomic mass is 9.51. The van der Waals surface area contributed by atoms with E-state index in [0.717, 1.165) is 51.4 Å². The van der Waals surface area contributed by atoms with E-state index in [2.05, 4.69) is 11.4 Å². The molecule has 25 heavy (non-hydrogen) atoms. The van der Waals surface area contributed by atoms with Crippen LogP contribution in [0, 0.1) is 29.1 Å². The number of nitrogens with one attached hydrogen (secondary N) is 1. The molecule has 5 heteroatoms. The van der Waals surface area contributed by atoms with Crippen LogP contribution in [-0.4, -0.2) is 45.7 Å². The van der Waals surface area contributed by atoms with Gasteiger partial charge in [-0.15, -0.1) is 0 Å². The van der Waals surface area contributed by atoms with E-state index >= 15 is 0 Å². The van der Waals surface area contributed by atoms with Gasteiger partial charge in [-0.25, -0.2) is 0 Å². The molecule has 1 aliphatic heterocycles. The number of likely N-dealkylation sites (tertiary alicyclic amines) is 1. The van der Waals surface area contributed by atoms with Gasteiger partial charge in [-0.05, 0) is 75.5 Å². The van der Waals surface area contributed by atoms with Crippen molar-refractivity contribution in [3.63, 3.8) is 0 Å². The van der Waals surface area contributed by atoms with Crippen LogP contribution in [0.3, 0.4) is 0 Å². The summed E-state index contributed by atoms with van der Waals surface area (Å²) in [6.45, 7) is 0.681. The number of carbonyl (C=O) groups excluding carboxylic acids is 1. The Balaban J connectivity index is 1.20. The first-order valence-corrected chi connectivity index (χ1v) is 10.2. The third-order valence-corrected chi connectivity index (χ3v) is 7.87. The number of nitrogens with zero attached hydrogens (tertiary/aromatic N) is 2. The zero-order chi connectivity index (χ0) is 17.2. The Morgan fingerprint density at radius 2 is 1.96 bits per heavy atom. The Labute approximate surface area is 149 Å². The van der Waals surface area contributed by atoms with Crippen LogP contribution in [0.15, 0.2) is 0 Å². The molecule has 1 amide bonds. The normalized spacial score (nSPS) is 49.6. The first-order valence-electron chi connectivity index (χ1n) is 10.2. The maximum atomic E-state index is 12.7. The van der Waals surface area contributed by atoms with E-state index in [1.165, 1.54) is 6.42 Å². The molecule has 2 N–H and O–H groups in total. The molecule has 0 aromatic rings. The van der Waals surface area contributed by atoms with Crippen molar-refractivity contribution in [1.29, 1.82) is 5.26 Å². The quantitative estimate of drug-likeness (QED) is 0.818. The Morgan fingerprint density at radius 3 is 2.64 bits per heavy atom. The summed E-state index contributed by atoms with van der Waals surface area (Å²) in [6.07, 6.45) is 10.1. The van der Waals surface area contributed by atoms with Crippen LogP contribution in [0.25, 0.3) is 0 Å². The van der Waals surface area contributed by atoms with Crippen LogP contribution in [-0.2, 0) is 4.79 Å². The van der Waals surface area contributed by atoms with E-state index < -0.39 is 5.60 Å². The molecular weight excluding hydrogens is 314 g/mol. The average Bonchev–Trinajstić information content (AvgIpc) is 3.12. The Hall–Kier alpha value is -1.12. The number of fused-ring (bicyclic) bond motifs is 2. The second-order valence-corrected chi connectivity index (χ2v) is 9.74.